The zero-order valence-electron chi connectivity index (χ0n) is 10.5. The number of carbonyl (C=O) groups is 2. The topological polar surface area (TPSA) is 140 Å². The Labute approximate surface area is 111 Å². The lowest BCUT2D eigenvalue weighted by atomic mass is 10.2. The number of pyridine rings is 1. The van der Waals surface area contributed by atoms with E-state index in [0.717, 1.165) is 10.7 Å². The third-order valence-electron chi connectivity index (χ3n) is 2.49. The summed E-state index contributed by atoms with van der Waals surface area (Å²) in [6.45, 7) is 1.38. The summed E-state index contributed by atoms with van der Waals surface area (Å²) in [5.74, 6) is -1.92. The number of hydrogen-bond acceptors (Lipinski definition) is 6. The average Bonchev–Trinajstić information content (AvgIpc) is 2.68. The smallest absolute Gasteiger partial charge is 0.359 e. The molecule has 1 amide bonds. The molecule has 9 nitrogen and oxygen atoms in total. The van der Waals surface area contributed by atoms with Gasteiger partial charge in [-0.1, -0.05) is 0 Å². The zero-order valence-corrected chi connectivity index (χ0v) is 10.5. The first-order valence-corrected chi connectivity index (χ1v) is 5.72. The average molecular weight is 280 g/mol. The van der Waals surface area contributed by atoms with Gasteiger partial charge in [-0.05, 0) is 6.92 Å². The second-order valence-electron chi connectivity index (χ2n) is 3.94. The molecule has 0 aliphatic carbocycles. The highest BCUT2D eigenvalue weighted by atomic mass is 16.5. The number of rotatable bonds is 4. The number of esters is 1. The van der Waals surface area contributed by atoms with Crippen LogP contribution in [-0.4, -0.2) is 38.4 Å². The Morgan fingerprint density at radius 3 is 2.85 bits per heavy atom. The van der Waals surface area contributed by atoms with Crippen molar-refractivity contribution in [3.63, 3.8) is 0 Å². The summed E-state index contributed by atoms with van der Waals surface area (Å²) in [6, 6.07) is 0.904. The molecular formula is C11H12N4O5. The van der Waals surface area contributed by atoms with Crippen molar-refractivity contribution in [2.45, 2.75) is 13.5 Å². The lowest BCUT2D eigenvalue weighted by Crippen LogP contribution is -2.20. The highest BCUT2D eigenvalue weighted by Crippen LogP contribution is 2.25. The lowest BCUT2D eigenvalue weighted by molar-refractivity contribution is -0.118. The summed E-state index contributed by atoms with van der Waals surface area (Å²) in [5.41, 5.74) is 4.29. The van der Waals surface area contributed by atoms with Crippen LogP contribution in [-0.2, 0) is 16.1 Å². The summed E-state index contributed by atoms with van der Waals surface area (Å²) in [6.07, 6.45) is 0. The molecule has 0 saturated carbocycles. The highest BCUT2D eigenvalue weighted by Gasteiger charge is 2.22. The Hall–Kier alpha value is -2.84. The van der Waals surface area contributed by atoms with Crippen LogP contribution < -0.4 is 11.3 Å². The van der Waals surface area contributed by atoms with Gasteiger partial charge in [0, 0.05) is 6.07 Å². The van der Waals surface area contributed by atoms with Gasteiger partial charge in [0.25, 0.3) is 5.56 Å². The molecule has 0 bridgehead atoms. The second kappa shape index (κ2) is 5.03. The summed E-state index contributed by atoms with van der Waals surface area (Å²) in [5, 5.41) is 13.7. The minimum atomic E-state index is -0.775. The molecule has 0 fully saturated rings. The standard InChI is InChI=1S/C11H12N4O5/c1-2-20-11(19)9-8-5(16)3-7(18)13-10(8)15(14-9)4-6(12)17/h3H,2,4H2,1H3,(H2,12,17)(H2,13,16,18). The van der Waals surface area contributed by atoms with Crippen molar-refractivity contribution >= 4 is 22.9 Å². The molecule has 4 N–H and O–H groups in total. The fourth-order valence-corrected chi connectivity index (χ4v) is 1.79. The van der Waals surface area contributed by atoms with Crippen LogP contribution in [0.3, 0.4) is 0 Å². The molecule has 9 heteroatoms. The second-order valence-corrected chi connectivity index (χ2v) is 3.94. The van der Waals surface area contributed by atoms with Gasteiger partial charge in [0.05, 0.1) is 12.0 Å². The normalized spacial score (nSPS) is 10.7. The van der Waals surface area contributed by atoms with Crippen LogP contribution in [0.15, 0.2) is 10.9 Å². The third-order valence-corrected chi connectivity index (χ3v) is 2.49. The number of ether oxygens (including phenoxy) is 1. The van der Waals surface area contributed by atoms with Crippen LogP contribution in [0.4, 0.5) is 0 Å². The van der Waals surface area contributed by atoms with Crippen LogP contribution in [0.25, 0.3) is 11.0 Å². The maximum absolute atomic E-state index is 11.8. The molecular weight excluding hydrogens is 268 g/mol. The SMILES string of the molecule is CCOC(=O)c1nn(CC(N)=O)c2[nH]c(=O)cc(O)c12. The first-order valence-electron chi connectivity index (χ1n) is 5.72. The van der Waals surface area contributed by atoms with E-state index in [9.17, 15) is 19.5 Å². The number of carbonyl (C=O) groups excluding carboxylic acids is 2. The molecule has 0 spiro atoms. The van der Waals surface area contributed by atoms with Crippen LogP contribution in [0.2, 0.25) is 0 Å². The van der Waals surface area contributed by atoms with Crippen LogP contribution >= 0.6 is 0 Å². The fraction of sp³-hybridized carbons (Fsp3) is 0.273. The Bertz CT molecular complexity index is 745. The molecule has 0 aromatic carbocycles. The molecule has 0 saturated heterocycles. The van der Waals surface area contributed by atoms with Gasteiger partial charge in [-0.25, -0.2) is 9.48 Å². The summed E-state index contributed by atoms with van der Waals surface area (Å²) in [7, 11) is 0. The molecule has 0 unspecified atom stereocenters. The number of fused-ring (bicyclic) bond motifs is 1. The quantitative estimate of drug-likeness (QED) is 0.619. The number of nitrogens with two attached hydrogens (primary N) is 1. The van der Waals surface area contributed by atoms with Crippen molar-refractivity contribution in [1.29, 1.82) is 0 Å². The predicted molar refractivity (Wildman–Crippen MR) is 67.2 cm³/mol. The Balaban J connectivity index is 2.72. The van der Waals surface area contributed by atoms with Gasteiger partial charge >= 0.3 is 5.97 Å². The van der Waals surface area contributed by atoms with Gasteiger partial charge < -0.3 is 20.6 Å². The van der Waals surface area contributed by atoms with Crippen molar-refractivity contribution in [2.24, 2.45) is 5.73 Å². The van der Waals surface area contributed by atoms with E-state index >= 15 is 0 Å². The molecule has 2 rings (SSSR count). The summed E-state index contributed by atoms with van der Waals surface area (Å²) < 4.78 is 5.84. The number of hydrogen-bond donors (Lipinski definition) is 3. The maximum Gasteiger partial charge on any atom is 0.359 e. The van der Waals surface area contributed by atoms with E-state index in [1.807, 2.05) is 0 Å². The molecule has 2 aromatic rings. The number of primary amides is 1. The zero-order chi connectivity index (χ0) is 14.9. The maximum atomic E-state index is 11.8. The van der Waals surface area contributed by atoms with E-state index in [4.69, 9.17) is 10.5 Å². The van der Waals surface area contributed by atoms with Gasteiger partial charge in [0.1, 0.15) is 17.9 Å². The molecule has 2 aromatic heterocycles. The number of aromatic amines is 1. The van der Waals surface area contributed by atoms with Gasteiger partial charge in [-0.2, -0.15) is 5.10 Å². The van der Waals surface area contributed by atoms with E-state index in [-0.39, 0.29) is 29.9 Å². The Kier molecular flexibility index (Phi) is 3.42. The lowest BCUT2D eigenvalue weighted by Gasteiger charge is -1.99. The van der Waals surface area contributed by atoms with E-state index in [0.29, 0.717) is 0 Å². The van der Waals surface area contributed by atoms with Gasteiger partial charge in [0.15, 0.2) is 5.69 Å². The minimum Gasteiger partial charge on any atom is -0.507 e. The van der Waals surface area contributed by atoms with E-state index < -0.39 is 23.2 Å². The molecule has 0 aliphatic rings. The van der Waals surface area contributed by atoms with Crippen molar-refractivity contribution in [1.82, 2.24) is 14.8 Å². The minimum absolute atomic E-state index is 0.00398. The highest BCUT2D eigenvalue weighted by molar-refractivity contribution is 6.03. The largest absolute Gasteiger partial charge is 0.507 e. The van der Waals surface area contributed by atoms with E-state index in [1.165, 1.54) is 0 Å². The number of H-pyrrole nitrogens is 1. The van der Waals surface area contributed by atoms with E-state index in [2.05, 4.69) is 10.1 Å². The van der Waals surface area contributed by atoms with Crippen LogP contribution in [0, 0.1) is 0 Å². The molecule has 0 radical (unpaired) electrons. The van der Waals surface area contributed by atoms with Gasteiger partial charge in [-0.15, -0.1) is 0 Å². The van der Waals surface area contributed by atoms with Gasteiger partial charge in [0.2, 0.25) is 5.91 Å². The van der Waals surface area contributed by atoms with Crippen molar-refractivity contribution in [3.05, 3.63) is 22.1 Å². The molecule has 106 valence electrons. The number of nitrogens with one attached hydrogen (secondary N) is 1. The number of nitrogens with zero attached hydrogens (tertiary/aromatic N) is 2. The monoisotopic (exact) mass is 280 g/mol. The number of aromatic hydroxyl groups is 1. The van der Waals surface area contributed by atoms with Gasteiger partial charge in [-0.3, -0.25) is 9.59 Å². The first kappa shape index (κ1) is 13.6. The molecule has 0 atom stereocenters. The summed E-state index contributed by atoms with van der Waals surface area (Å²) in [4.78, 5) is 36.5. The van der Waals surface area contributed by atoms with Crippen LogP contribution in [0.5, 0.6) is 5.75 Å². The van der Waals surface area contributed by atoms with E-state index in [1.54, 1.807) is 6.92 Å². The van der Waals surface area contributed by atoms with Crippen molar-refractivity contribution in [2.75, 3.05) is 6.61 Å². The number of aromatic nitrogens is 3. The predicted octanol–water partition coefficient (Wildman–Crippen LogP) is -0.908. The number of amides is 1. The Morgan fingerprint density at radius 1 is 1.55 bits per heavy atom. The van der Waals surface area contributed by atoms with Crippen molar-refractivity contribution in [3.8, 4) is 5.75 Å². The molecule has 2 heterocycles. The molecule has 20 heavy (non-hydrogen) atoms. The molecule has 0 aliphatic heterocycles. The van der Waals surface area contributed by atoms with Crippen molar-refractivity contribution < 1.29 is 19.4 Å². The third kappa shape index (κ3) is 2.32. The van der Waals surface area contributed by atoms with Crippen LogP contribution in [0.1, 0.15) is 17.4 Å². The Morgan fingerprint density at radius 2 is 2.25 bits per heavy atom. The first-order chi connectivity index (χ1) is 9.43. The summed E-state index contributed by atoms with van der Waals surface area (Å²) >= 11 is 0. The fourth-order valence-electron chi connectivity index (χ4n) is 1.79.